The van der Waals surface area contributed by atoms with Gasteiger partial charge < -0.3 is 4.74 Å². The van der Waals surface area contributed by atoms with Crippen molar-refractivity contribution in [1.29, 1.82) is 0 Å². The van der Waals surface area contributed by atoms with Crippen molar-refractivity contribution in [2.45, 2.75) is 26.2 Å². The second kappa shape index (κ2) is 6.71. The average Bonchev–Trinajstić information content (AvgIpc) is 3.22. The van der Waals surface area contributed by atoms with Gasteiger partial charge in [-0.25, -0.2) is 0 Å². The van der Waals surface area contributed by atoms with E-state index in [1.54, 1.807) is 6.07 Å². The molecule has 3 rings (SSSR count). The zero-order valence-electron chi connectivity index (χ0n) is 11.4. The fourth-order valence-electron chi connectivity index (χ4n) is 2.36. The quantitative estimate of drug-likeness (QED) is 0.626. The number of rotatable bonds is 4. The summed E-state index contributed by atoms with van der Waals surface area (Å²) in [5.74, 6) is -0.220. The number of carbonyl (C=O) groups is 1. The van der Waals surface area contributed by atoms with Crippen molar-refractivity contribution in [1.82, 2.24) is 10.3 Å². The van der Waals surface area contributed by atoms with E-state index in [1.165, 1.54) is 0 Å². The molecule has 1 saturated heterocycles. The van der Waals surface area contributed by atoms with E-state index in [-0.39, 0.29) is 35.8 Å². The highest BCUT2D eigenvalue weighted by Crippen LogP contribution is 2.41. The zero-order chi connectivity index (χ0) is 14.3. The number of esters is 1. The van der Waals surface area contributed by atoms with Gasteiger partial charge in [0.1, 0.15) is 0 Å². The van der Waals surface area contributed by atoms with E-state index in [4.69, 9.17) is 27.9 Å². The Balaban J connectivity index is 0.00000161. The van der Waals surface area contributed by atoms with Crippen LogP contribution in [0.2, 0.25) is 10.0 Å². The van der Waals surface area contributed by atoms with Gasteiger partial charge in [0.25, 0.3) is 0 Å². The fourth-order valence-corrected chi connectivity index (χ4v) is 2.75. The van der Waals surface area contributed by atoms with Gasteiger partial charge in [-0.3, -0.25) is 14.7 Å². The highest BCUT2D eigenvalue weighted by molar-refractivity contribution is 8.93. The van der Waals surface area contributed by atoms with Crippen molar-refractivity contribution < 1.29 is 9.53 Å². The Morgan fingerprint density at radius 1 is 1.48 bits per heavy atom. The summed E-state index contributed by atoms with van der Waals surface area (Å²) in [7, 11) is 0. The zero-order valence-corrected chi connectivity index (χ0v) is 14.7. The van der Waals surface area contributed by atoms with Gasteiger partial charge in [-0.05, 0) is 18.6 Å². The Bertz CT molecular complexity index is 558. The van der Waals surface area contributed by atoms with E-state index in [1.807, 2.05) is 22.9 Å². The van der Waals surface area contributed by atoms with Gasteiger partial charge >= 0.3 is 5.97 Å². The summed E-state index contributed by atoms with van der Waals surface area (Å²) in [5.41, 5.74) is 5.15. The van der Waals surface area contributed by atoms with Gasteiger partial charge in [0, 0.05) is 12.1 Å². The Morgan fingerprint density at radius 3 is 2.95 bits per heavy atom. The number of fused-ring (bicyclic) bond motifs is 3. The first-order valence-electron chi connectivity index (χ1n) is 6.53. The standard InChI is InChI=1S/C13H15Cl2N3O2.BrH/c1-2-5-20-11(19)7-17-6-8-10(18-13(17)16-18)4-3-9(14)12(8)15;/h3-4,13,16H,2,5-7H2,1H3;1H. The van der Waals surface area contributed by atoms with E-state index in [2.05, 4.69) is 5.43 Å². The number of carbonyl (C=O) groups excluding carboxylic acids is 1. The molecule has 0 amide bonds. The number of nitrogens with zero attached hydrogens (tertiary/aromatic N) is 2. The Hall–Kier alpha value is -0.530. The smallest absolute Gasteiger partial charge is 0.320 e. The minimum atomic E-state index is -0.220. The molecule has 0 bridgehead atoms. The van der Waals surface area contributed by atoms with Crippen LogP contribution in [-0.2, 0) is 16.1 Å². The normalized spacial score (nSPS) is 19.4. The SMILES string of the molecule is Br.CCCOC(=O)CN1Cc2c(ccc(Cl)c2Cl)N2NC12. The molecule has 116 valence electrons. The van der Waals surface area contributed by atoms with Crippen molar-refractivity contribution in [2.75, 3.05) is 18.2 Å². The summed E-state index contributed by atoms with van der Waals surface area (Å²) in [6.07, 6.45) is 0.859. The molecule has 0 aliphatic carbocycles. The van der Waals surface area contributed by atoms with Crippen LogP contribution in [0.3, 0.4) is 0 Å². The van der Waals surface area contributed by atoms with Crippen LogP contribution < -0.4 is 10.4 Å². The Morgan fingerprint density at radius 2 is 2.24 bits per heavy atom. The second-order valence-corrected chi connectivity index (χ2v) is 5.64. The highest BCUT2D eigenvalue weighted by atomic mass is 79.9. The first kappa shape index (κ1) is 16.8. The maximum absolute atomic E-state index is 11.7. The lowest BCUT2D eigenvalue weighted by Gasteiger charge is -2.27. The molecule has 8 heteroatoms. The van der Waals surface area contributed by atoms with E-state index in [0.717, 1.165) is 17.7 Å². The summed E-state index contributed by atoms with van der Waals surface area (Å²) < 4.78 is 5.12. The third-order valence-electron chi connectivity index (χ3n) is 3.37. The monoisotopic (exact) mass is 395 g/mol. The van der Waals surface area contributed by atoms with Crippen LogP contribution >= 0.6 is 40.2 Å². The van der Waals surface area contributed by atoms with Crippen LogP contribution in [0.1, 0.15) is 18.9 Å². The van der Waals surface area contributed by atoms with Crippen molar-refractivity contribution >= 4 is 51.8 Å². The molecule has 21 heavy (non-hydrogen) atoms. The molecule has 0 spiro atoms. The van der Waals surface area contributed by atoms with Gasteiger partial charge in [-0.15, -0.1) is 17.0 Å². The van der Waals surface area contributed by atoms with Crippen LogP contribution in [-0.4, -0.2) is 30.3 Å². The molecule has 1 atom stereocenters. The predicted molar refractivity (Wildman–Crippen MR) is 87.8 cm³/mol. The van der Waals surface area contributed by atoms with Gasteiger partial charge in [0.15, 0.2) is 6.29 Å². The molecule has 1 fully saturated rings. The minimum Gasteiger partial charge on any atom is -0.465 e. The lowest BCUT2D eigenvalue weighted by molar-refractivity contribution is -0.145. The number of ether oxygens (including phenoxy) is 1. The van der Waals surface area contributed by atoms with Gasteiger partial charge in [-0.1, -0.05) is 30.1 Å². The summed E-state index contributed by atoms with van der Waals surface area (Å²) in [5, 5.41) is 3.04. The Kier molecular flexibility index (Phi) is 5.38. The number of halogens is 3. The van der Waals surface area contributed by atoms with Crippen molar-refractivity contribution in [3.63, 3.8) is 0 Å². The number of benzene rings is 1. The third-order valence-corrected chi connectivity index (χ3v) is 4.21. The molecule has 1 N–H and O–H groups in total. The maximum Gasteiger partial charge on any atom is 0.320 e. The summed E-state index contributed by atoms with van der Waals surface area (Å²) in [4.78, 5) is 13.7. The molecular weight excluding hydrogens is 381 g/mol. The van der Waals surface area contributed by atoms with E-state index in [9.17, 15) is 4.79 Å². The molecular formula is C13H16BrCl2N3O2. The number of nitrogens with one attached hydrogen (secondary N) is 1. The molecule has 2 aliphatic rings. The van der Waals surface area contributed by atoms with Crippen LogP contribution in [0, 0.1) is 0 Å². The number of hydrogen-bond donors (Lipinski definition) is 1. The molecule has 5 nitrogen and oxygen atoms in total. The van der Waals surface area contributed by atoms with Crippen molar-refractivity contribution in [2.24, 2.45) is 0 Å². The molecule has 0 radical (unpaired) electrons. The molecule has 2 heterocycles. The van der Waals surface area contributed by atoms with Crippen LogP contribution in [0.4, 0.5) is 5.69 Å². The Labute approximate surface area is 143 Å². The van der Waals surface area contributed by atoms with E-state index in [0.29, 0.717) is 23.2 Å². The minimum absolute atomic E-state index is 0. The maximum atomic E-state index is 11.7. The lowest BCUT2D eigenvalue weighted by Crippen LogP contribution is -2.38. The fraction of sp³-hybridized carbons (Fsp3) is 0.462. The van der Waals surface area contributed by atoms with Crippen molar-refractivity contribution in [3.05, 3.63) is 27.7 Å². The average molecular weight is 397 g/mol. The first-order chi connectivity index (χ1) is 9.61. The van der Waals surface area contributed by atoms with Crippen molar-refractivity contribution in [3.8, 4) is 0 Å². The van der Waals surface area contributed by atoms with Crippen LogP contribution in [0.15, 0.2) is 12.1 Å². The number of hydrogen-bond acceptors (Lipinski definition) is 5. The van der Waals surface area contributed by atoms with E-state index >= 15 is 0 Å². The predicted octanol–water partition coefficient (Wildman–Crippen LogP) is 2.95. The first-order valence-corrected chi connectivity index (χ1v) is 7.29. The molecule has 0 saturated carbocycles. The summed E-state index contributed by atoms with van der Waals surface area (Å²) >= 11 is 12.3. The van der Waals surface area contributed by atoms with Crippen LogP contribution in [0.5, 0.6) is 0 Å². The largest absolute Gasteiger partial charge is 0.465 e. The van der Waals surface area contributed by atoms with Gasteiger partial charge in [0.05, 0.1) is 28.9 Å². The van der Waals surface area contributed by atoms with E-state index < -0.39 is 0 Å². The van der Waals surface area contributed by atoms with Gasteiger partial charge in [0.2, 0.25) is 0 Å². The molecule has 0 aromatic heterocycles. The topological polar surface area (TPSA) is 54.5 Å². The number of anilines is 1. The third kappa shape index (κ3) is 3.29. The summed E-state index contributed by atoms with van der Waals surface area (Å²) in [6.45, 7) is 3.23. The van der Waals surface area contributed by atoms with Crippen LogP contribution in [0.25, 0.3) is 0 Å². The molecule has 1 aromatic rings. The molecule has 2 aliphatic heterocycles. The lowest BCUT2D eigenvalue weighted by atomic mass is 10.1. The number of hydrazine groups is 1. The van der Waals surface area contributed by atoms with Gasteiger partial charge in [-0.2, -0.15) is 5.43 Å². The molecule has 1 aromatic carbocycles. The second-order valence-electron chi connectivity index (χ2n) is 4.86. The summed E-state index contributed by atoms with van der Waals surface area (Å²) in [6, 6.07) is 3.72. The highest BCUT2D eigenvalue weighted by Gasteiger charge is 2.45. The molecule has 1 unspecified atom stereocenters.